The summed E-state index contributed by atoms with van der Waals surface area (Å²) >= 11 is 1.35. The van der Waals surface area contributed by atoms with Crippen LogP contribution in [-0.2, 0) is 5.41 Å². The molecule has 3 rings (SSSR count). The Kier molecular flexibility index (Phi) is 5.98. The third-order valence-corrected chi connectivity index (χ3v) is 5.57. The molecule has 2 aromatic carbocycles. The molecule has 0 radical (unpaired) electrons. The topological polar surface area (TPSA) is 60.7 Å². The molecule has 0 fully saturated rings. The second-order valence-corrected chi connectivity index (χ2v) is 9.10. The highest BCUT2D eigenvalue weighted by molar-refractivity contribution is 7.99. The lowest BCUT2D eigenvalue weighted by Gasteiger charge is -2.18. The van der Waals surface area contributed by atoms with Crippen molar-refractivity contribution in [1.82, 2.24) is 20.2 Å². The molecule has 1 heterocycles. The van der Waals surface area contributed by atoms with Crippen LogP contribution in [0.2, 0.25) is 0 Å². The molecule has 0 N–H and O–H groups in total. The average molecular weight is 395 g/mol. The van der Waals surface area contributed by atoms with Crippen molar-refractivity contribution in [1.29, 1.82) is 0 Å². The van der Waals surface area contributed by atoms with E-state index in [4.69, 9.17) is 0 Å². The first kappa shape index (κ1) is 20.3. The summed E-state index contributed by atoms with van der Waals surface area (Å²) in [5.74, 6) is 0.827. The molecule has 0 amide bonds. The molecule has 6 heteroatoms. The van der Waals surface area contributed by atoms with Crippen LogP contribution in [0.25, 0.3) is 5.69 Å². The second kappa shape index (κ2) is 8.27. The summed E-state index contributed by atoms with van der Waals surface area (Å²) in [6, 6.07) is 16.0. The fraction of sp³-hybridized carbons (Fsp3) is 0.364. The Hall–Kier alpha value is -2.47. The van der Waals surface area contributed by atoms with Crippen molar-refractivity contribution in [2.45, 2.75) is 51.1 Å². The highest BCUT2D eigenvalue weighted by atomic mass is 32.2. The summed E-state index contributed by atoms with van der Waals surface area (Å²) in [4.78, 5) is 12.6. The maximum Gasteiger partial charge on any atom is 0.214 e. The normalized spacial score (nSPS) is 11.8. The van der Waals surface area contributed by atoms with Crippen LogP contribution in [-0.4, -0.2) is 31.7 Å². The zero-order chi connectivity index (χ0) is 20.3. The van der Waals surface area contributed by atoms with E-state index in [2.05, 4.69) is 62.3 Å². The number of nitrogens with zero attached hydrogens (tertiary/aromatic N) is 4. The van der Waals surface area contributed by atoms with Crippen LogP contribution in [0.5, 0.6) is 0 Å². The monoisotopic (exact) mass is 394 g/mol. The van der Waals surface area contributed by atoms with Crippen LogP contribution in [0.3, 0.4) is 0 Å². The van der Waals surface area contributed by atoms with Crippen LogP contribution < -0.4 is 0 Å². The summed E-state index contributed by atoms with van der Waals surface area (Å²) in [6.07, 6.45) is 0. The lowest BCUT2D eigenvalue weighted by atomic mass is 9.86. The van der Waals surface area contributed by atoms with Gasteiger partial charge in [-0.05, 0) is 45.0 Å². The zero-order valence-corrected chi connectivity index (χ0v) is 17.8. The predicted molar refractivity (Wildman–Crippen MR) is 113 cm³/mol. The van der Waals surface area contributed by atoms with Crippen molar-refractivity contribution in [3.05, 3.63) is 65.2 Å². The number of carbonyl (C=O) groups excluding carboxylic acids is 1. The van der Waals surface area contributed by atoms with Crippen LogP contribution in [0.15, 0.2) is 53.7 Å². The molecule has 28 heavy (non-hydrogen) atoms. The molecular weight excluding hydrogens is 368 g/mol. The first-order valence-electron chi connectivity index (χ1n) is 9.41. The van der Waals surface area contributed by atoms with Gasteiger partial charge in [-0.25, -0.2) is 0 Å². The molecule has 3 aromatic rings. The zero-order valence-electron chi connectivity index (χ0n) is 17.0. The molecule has 0 saturated heterocycles. The van der Waals surface area contributed by atoms with Gasteiger partial charge in [-0.15, -0.1) is 5.10 Å². The summed E-state index contributed by atoms with van der Waals surface area (Å²) in [7, 11) is 0. The number of benzene rings is 2. The summed E-state index contributed by atoms with van der Waals surface area (Å²) in [6.45, 7) is 10.8. The van der Waals surface area contributed by atoms with Gasteiger partial charge in [-0.2, -0.15) is 4.68 Å². The Balaban J connectivity index is 1.69. The van der Waals surface area contributed by atoms with Crippen LogP contribution in [0, 0.1) is 0 Å². The molecule has 5 nitrogen and oxygen atoms in total. The molecule has 0 aliphatic rings. The number of hydrogen-bond donors (Lipinski definition) is 0. The molecule has 0 spiro atoms. The average Bonchev–Trinajstić information content (AvgIpc) is 3.14. The van der Waals surface area contributed by atoms with Crippen LogP contribution in [0.4, 0.5) is 0 Å². The Labute approximate surface area is 170 Å². The molecule has 0 aliphatic heterocycles. The van der Waals surface area contributed by atoms with Gasteiger partial charge in [-0.3, -0.25) is 4.79 Å². The van der Waals surface area contributed by atoms with E-state index in [9.17, 15) is 4.79 Å². The van der Waals surface area contributed by atoms with Gasteiger partial charge in [0, 0.05) is 5.56 Å². The molecule has 1 aromatic heterocycles. The Morgan fingerprint density at radius 3 is 2.25 bits per heavy atom. The minimum atomic E-state index is 0.0650. The van der Waals surface area contributed by atoms with Gasteiger partial charge in [0.1, 0.15) is 0 Å². The quantitative estimate of drug-likeness (QED) is 0.432. The summed E-state index contributed by atoms with van der Waals surface area (Å²) in [5, 5.41) is 12.5. The van der Waals surface area contributed by atoms with Crippen molar-refractivity contribution in [3.63, 3.8) is 0 Å². The number of aromatic nitrogens is 4. The molecule has 0 bridgehead atoms. The number of tetrazole rings is 1. The van der Waals surface area contributed by atoms with Crippen molar-refractivity contribution in [2.24, 2.45) is 0 Å². The third-order valence-electron chi connectivity index (χ3n) is 4.65. The number of ketones is 1. The molecule has 0 saturated carbocycles. The van der Waals surface area contributed by atoms with E-state index in [1.165, 1.54) is 22.9 Å². The van der Waals surface area contributed by atoms with Crippen molar-refractivity contribution in [3.8, 4) is 5.69 Å². The highest BCUT2D eigenvalue weighted by Crippen LogP contribution is 2.24. The third kappa shape index (κ3) is 4.68. The number of carbonyl (C=O) groups is 1. The molecule has 146 valence electrons. The first-order chi connectivity index (χ1) is 13.3. The smallest absolute Gasteiger partial charge is 0.214 e. The van der Waals surface area contributed by atoms with Gasteiger partial charge in [0.2, 0.25) is 5.16 Å². The summed E-state index contributed by atoms with van der Waals surface area (Å²) in [5.41, 5.74) is 4.15. The van der Waals surface area contributed by atoms with Crippen molar-refractivity contribution < 1.29 is 4.79 Å². The predicted octanol–water partition coefficient (Wildman–Crippen LogP) is 5.06. The summed E-state index contributed by atoms with van der Waals surface area (Å²) < 4.78 is 1.67. The first-order valence-corrected chi connectivity index (χ1v) is 10.4. The number of hydrogen-bond acceptors (Lipinski definition) is 5. The fourth-order valence-electron chi connectivity index (χ4n) is 2.80. The fourth-order valence-corrected chi connectivity index (χ4v) is 3.59. The van der Waals surface area contributed by atoms with Gasteiger partial charge >= 0.3 is 0 Å². The largest absolute Gasteiger partial charge is 0.293 e. The molecule has 0 atom stereocenters. The van der Waals surface area contributed by atoms with Gasteiger partial charge in [0.05, 0.1) is 11.4 Å². The Morgan fingerprint density at radius 1 is 1.04 bits per heavy atom. The maximum atomic E-state index is 12.6. The van der Waals surface area contributed by atoms with Gasteiger partial charge in [0.15, 0.2) is 5.78 Å². The van der Waals surface area contributed by atoms with E-state index in [1.807, 2.05) is 36.4 Å². The van der Waals surface area contributed by atoms with Gasteiger partial charge in [-0.1, -0.05) is 82.8 Å². The molecular formula is C22H26N4OS. The SMILES string of the molecule is CC(C)c1ccc(-n2nnnc2SCC(=O)c2ccc(C(C)(C)C)cc2)cc1. The van der Waals surface area contributed by atoms with E-state index in [0.717, 1.165) is 5.69 Å². The van der Waals surface area contributed by atoms with Crippen LogP contribution in [0.1, 0.15) is 62.0 Å². The lowest BCUT2D eigenvalue weighted by Crippen LogP contribution is -2.11. The molecule has 0 aliphatic carbocycles. The highest BCUT2D eigenvalue weighted by Gasteiger charge is 2.16. The maximum absolute atomic E-state index is 12.6. The minimum absolute atomic E-state index is 0.0650. The van der Waals surface area contributed by atoms with Gasteiger partial charge in [0.25, 0.3) is 0 Å². The number of thioether (sulfide) groups is 1. The number of rotatable bonds is 6. The van der Waals surface area contributed by atoms with Gasteiger partial charge < -0.3 is 0 Å². The standard InChI is InChI=1S/C22H26N4OS/c1-15(2)16-8-12-19(13-9-16)26-21(23-24-25-26)28-14-20(27)17-6-10-18(11-7-17)22(3,4)5/h6-13,15H,14H2,1-5H3. The van der Waals surface area contributed by atoms with E-state index < -0.39 is 0 Å². The number of Topliss-reactive ketones (excluding diaryl/α,β-unsaturated/α-hetero) is 1. The van der Waals surface area contributed by atoms with Crippen LogP contribution >= 0.6 is 11.8 Å². The van der Waals surface area contributed by atoms with E-state index in [1.54, 1.807) is 4.68 Å². The second-order valence-electron chi connectivity index (χ2n) is 8.16. The lowest BCUT2D eigenvalue weighted by molar-refractivity contribution is 0.102. The molecule has 0 unspecified atom stereocenters. The minimum Gasteiger partial charge on any atom is -0.293 e. The Bertz CT molecular complexity index is 938. The van der Waals surface area contributed by atoms with E-state index in [-0.39, 0.29) is 11.2 Å². The van der Waals surface area contributed by atoms with Crippen molar-refractivity contribution in [2.75, 3.05) is 5.75 Å². The Morgan fingerprint density at radius 2 is 1.68 bits per heavy atom. The van der Waals surface area contributed by atoms with Crippen molar-refractivity contribution >= 4 is 17.5 Å². The van der Waals surface area contributed by atoms with E-state index in [0.29, 0.717) is 22.4 Å². The van der Waals surface area contributed by atoms with E-state index >= 15 is 0 Å².